The Balaban J connectivity index is 1.81. The minimum absolute atomic E-state index is 0.141. The quantitative estimate of drug-likeness (QED) is 0.365. The highest BCUT2D eigenvalue weighted by Crippen LogP contribution is 2.48. The zero-order chi connectivity index (χ0) is 25.5. The van der Waals surface area contributed by atoms with Crippen molar-refractivity contribution in [2.45, 2.75) is 46.1 Å². The van der Waals surface area contributed by atoms with Crippen LogP contribution in [-0.4, -0.2) is 63.4 Å². The molecular weight excluding hydrogens is 473 g/mol. The van der Waals surface area contributed by atoms with Gasteiger partial charge in [0.15, 0.2) is 17.3 Å². The van der Waals surface area contributed by atoms with E-state index in [0.29, 0.717) is 78.8 Å². The number of hydrogen-bond acceptors (Lipinski definition) is 6. The lowest BCUT2D eigenvalue weighted by atomic mass is 9.98. The highest BCUT2D eigenvalue weighted by atomic mass is 35.5. The molecule has 3 rings (SSSR count). The summed E-state index contributed by atoms with van der Waals surface area (Å²) in [5.74, 6) is 0.745. The van der Waals surface area contributed by atoms with Gasteiger partial charge >= 0.3 is 0 Å². The second kappa shape index (κ2) is 12.6. The fourth-order valence-electron chi connectivity index (χ4n) is 4.30. The lowest BCUT2D eigenvalue weighted by Crippen LogP contribution is -2.45. The summed E-state index contributed by atoms with van der Waals surface area (Å²) >= 11 is 6.58. The fourth-order valence-corrected chi connectivity index (χ4v) is 4.55. The minimum Gasteiger partial charge on any atom is -0.491 e. The molecule has 0 spiro atoms. The number of Topliss-reactive ketones (excluding diaryl/α,β-unsaturated/α-hetero) is 1. The van der Waals surface area contributed by atoms with Crippen LogP contribution in [0.4, 0.5) is 4.39 Å². The van der Waals surface area contributed by atoms with Crippen LogP contribution in [0.3, 0.4) is 0 Å². The smallest absolute Gasteiger partial charge is 0.205 e. The van der Waals surface area contributed by atoms with E-state index in [9.17, 15) is 9.18 Å². The maximum Gasteiger partial charge on any atom is 0.205 e. The van der Waals surface area contributed by atoms with E-state index in [4.69, 9.17) is 30.5 Å². The van der Waals surface area contributed by atoms with Crippen LogP contribution >= 0.6 is 11.6 Å². The first-order valence-corrected chi connectivity index (χ1v) is 12.4. The van der Waals surface area contributed by atoms with Gasteiger partial charge in [0, 0.05) is 19.1 Å². The predicted octanol–water partition coefficient (Wildman–Crippen LogP) is 5.67. The number of rotatable bonds is 11. The van der Waals surface area contributed by atoms with Gasteiger partial charge in [0.05, 0.1) is 37.5 Å². The number of ketones is 1. The number of benzene rings is 2. The molecule has 6 nitrogen and oxygen atoms in total. The molecule has 1 aliphatic heterocycles. The second-order valence-electron chi connectivity index (χ2n) is 8.96. The molecule has 1 unspecified atom stereocenters. The normalized spacial score (nSPS) is 17.2. The Hall–Kier alpha value is -2.35. The van der Waals surface area contributed by atoms with Crippen molar-refractivity contribution in [1.82, 2.24) is 4.90 Å². The highest BCUT2D eigenvalue weighted by molar-refractivity contribution is 6.34. The molecule has 0 bridgehead atoms. The highest BCUT2D eigenvalue weighted by Gasteiger charge is 2.28. The Kier molecular flexibility index (Phi) is 9.78. The molecule has 2 atom stereocenters. The number of carbonyl (C=O) groups is 1. The number of hydrogen-bond donors (Lipinski definition) is 0. The number of methoxy groups -OCH3 is 1. The van der Waals surface area contributed by atoms with Gasteiger partial charge in [-0.25, -0.2) is 4.39 Å². The molecule has 2 aromatic rings. The standard InChI is InChI=1S/C27H35ClFNO5/c1-17(21-6-8-22(29)9-7-21)10-13-34-27-25(35-15-12-30-11-14-33-16-18(30)2)23(20(4)31)19(3)24(28)26(27)32-5/h6-9,17-18H,10-16H2,1-5H3/t17?,18-/m0/s1. The Bertz CT molecular complexity index is 1010. The van der Waals surface area contributed by atoms with Gasteiger partial charge in [0.2, 0.25) is 5.75 Å². The summed E-state index contributed by atoms with van der Waals surface area (Å²) in [7, 11) is 1.52. The summed E-state index contributed by atoms with van der Waals surface area (Å²) < 4.78 is 36.7. The van der Waals surface area contributed by atoms with Crippen LogP contribution < -0.4 is 14.2 Å². The van der Waals surface area contributed by atoms with Crippen LogP contribution in [-0.2, 0) is 4.74 Å². The van der Waals surface area contributed by atoms with Crippen LogP contribution in [0, 0.1) is 12.7 Å². The van der Waals surface area contributed by atoms with Crippen LogP contribution in [0.15, 0.2) is 24.3 Å². The van der Waals surface area contributed by atoms with Crippen molar-refractivity contribution in [2.75, 3.05) is 46.6 Å². The van der Waals surface area contributed by atoms with Gasteiger partial charge in [0.25, 0.3) is 0 Å². The van der Waals surface area contributed by atoms with E-state index in [2.05, 4.69) is 18.7 Å². The molecule has 0 radical (unpaired) electrons. The summed E-state index contributed by atoms with van der Waals surface area (Å²) in [4.78, 5) is 14.9. The molecule has 2 aromatic carbocycles. The molecule has 1 fully saturated rings. The summed E-state index contributed by atoms with van der Waals surface area (Å²) in [5.41, 5.74) is 2.01. The first kappa shape index (κ1) is 27.2. The maximum atomic E-state index is 13.3. The zero-order valence-corrected chi connectivity index (χ0v) is 21.9. The molecule has 0 aliphatic carbocycles. The van der Waals surface area contributed by atoms with Crippen LogP contribution in [0.5, 0.6) is 17.2 Å². The Morgan fingerprint density at radius 1 is 1.20 bits per heavy atom. The minimum atomic E-state index is -0.263. The van der Waals surface area contributed by atoms with E-state index >= 15 is 0 Å². The molecule has 0 amide bonds. The molecular formula is C27H35ClFNO5. The van der Waals surface area contributed by atoms with E-state index in [1.807, 2.05) is 0 Å². The van der Waals surface area contributed by atoms with Gasteiger partial charge in [-0.3, -0.25) is 9.69 Å². The fraction of sp³-hybridized carbons (Fsp3) is 0.519. The molecule has 0 N–H and O–H groups in total. The van der Waals surface area contributed by atoms with Crippen molar-refractivity contribution >= 4 is 17.4 Å². The molecule has 1 saturated heterocycles. The van der Waals surface area contributed by atoms with Gasteiger partial charge < -0.3 is 18.9 Å². The third-order valence-corrected chi connectivity index (χ3v) is 6.92. The molecule has 8 heteroatoms. The van der Waals surface area contributed by atoms with Gasteiger partial charge in [-0.2, -0.15) is 0 Å². The van der Waals surface area contributed by atoms with Crippen LogP contribution in [0.1, 0.15) is 54.6 Å². The monoisotopic (exact) mass is 507 g/mol. The van der Waals surface area contributed by atoms with Gasteiger partial charge in [-0.05, 0) is 56.4 Å². The van der Waals surface area contributed by atoms with E-state index in [0.717, 1.165) is 12.1 Å². The number of carbonyl (C=O) groups excluding carboxylic acids is 1. The topological polar surface area (TPSA) is 57.2 Å². The van der Waals surface area contributed by atoms with Crippen molar-refractivity contribution in [1.29, 1.82) is 0 Å². The maximum absolute atomic E-state index is 13.3. The van der Waals surface area contributed by atoms with Gasteiger partial charge in [-0.1, -0.05) is 30.7 Å². The van der Waals surface area contributed by atoms with Crippen LogP contribution in [0.25, 0.3) is 0 Å². The third kappa shape index (κ3) is 6.66. The summed E-state index contributed by atoms with van der Waals surface area (Å²) in [6.45, 7) is 11.0. The average Bonchev–Trinajstić information content (AvgIpc) is 2.83. The van der Waals surface area contributed by atoms with E-state index in [1.54, 1.807) is 19.1 Å². The number of morpholine rings is 1. The molecule has 0 aromatic heterocycles. The first-order valence-electron chi connectivity index (χ1n) is 12.0. The number of halogens is 2. The Morgan fingerprint density at radius 3 is 2.51 bits per heavy atom. The molecule has 35 heavy (non-hydrogen) atoms. The largest absolute Gasteiger partial charge is 0.491 e. The molecule has 192 valence electrons. The number of nitrogens with zero attached hydrogens (tertiary/aromatic N) is 1. The second-order valence-corrected chi connectivity index (χ2v) is 9.34. The molecule has 1 heterocycles. The zero-order valence-electron chi connectivity index (χ0n) is 21.2. The van der Waals surface area contributed by atoms with Gasteiger partial charge in [0.1, 0.15) is 12.4 Å². The summed E-state index contributed by atoms with van der Waals surface area (Å²) in [6.07, 6.45) is 0.667. The lowest BCUT2D eigenvalue weighted by molar-refractivity contribution is -0.00531. The van der Waals surface area contributed by atoms with Crippen molar-refractivity contribution in [3.8, 4) is 17.2 Å². The van der Waals surface area contributed by atoms with Crippen molar-refractivity contribution in [3.63, 3.8) is 0 Å². The van der Waals surface area contributed by atoms with E-state index < -0.39 is 0 Å². The van der Waals surface area contributed by atoms with E-state index in [-0.39, 0.29) is 17.5 Å². The van der Waals surface area contributed by atoms with Crippen LogP contribution in [0.2, 0.25) is 5.02 Å². The van der Waals surface area contributed by atoms with Crippen molar-refractivity contribution in [2.24, 2.45) is 0 Å². The number of ether oxygens (including phenoxy) is 4. The predicted molar refractivity (Wildman–Crippen MR) is 135 cm³/mol. The lowest BCUT2D eigenvalue weighted by Gasteiger charge is -2.33. The third-order valence-electron chi connectivity index (χ3n) is 6.47. The average molecular weight is 508 g/mol. The molecule has 1 aliphatic rings. The first-order chi connectivity index (χ1) is 16.7. The summed E-state index contributed by atoms with van der Waals surface area (Å²) in [6, 6.07) is 6.76. The van der Waals surface area contributed by atoms with Crippen molar-refractivity contribution in [3.05, 3.63) is 51.8 Å². The van der Waals surface area contributed by atoms with E-state index in [1.165, 1.54) is 26.2 Å². The Labute approximate surface area is 212 Å². The van der Waals surface area contributed by atoms with Gasteiger partial charge in [-0.15, -0.1) is 0 Å². The van der Waals surface area contributed by atoms with Crippen molar-refractivity contribution < 1.29 is 28.1 Å². The SMILES string of the molecule is COc1c(Cl)c(C)c(C(C)=O)c(OCCN2CCOC[C@@H]2C)c1OCCC(C)c1ccc(F)cc1. The Morgan fingerprint density at radius 2 is 1.89 bits per heavy atom. The summed E-state index contributed by atoms with van der Waals surface area (Å²) in [5, 5.41) is 0.327. The molecule has 0 saturated carbocycles.